The van der Waals surface area contributed by atoms with Crippen molar-refractivity contribution in [3.8, 4) is 5.88 Å². The fourth-order valence-corrected chi connectivity index (χ4v) is 5.03. The third-order valence-corrected chi connectivity index (χ3v) is 7.43. The minimum Gasteiger partial charge on any atom is -0.473 e. The molecule has 1 amide bonds. The zero-order valence-corrected chi connectivity index (χ0v) is 26.2. The predicted molar refractivity (Wildman–Crippen MR) is 170 cm³/mol. The molecule has 2 N–H and O–H groups in total. The van der Waals surface area contributed by atoms with Crippen molar-refractivity contribution in [3.05, 3.63) is 48.6 Å². The van der Waals surface area contributed by atoms with Crippen molar-refractivity contribution in [2.75, 3.05) is 61.2 Å². The van der Waals surface area contributed by atoms with Crippen molar-refractivity contribution in [2.24, 2.45) is 0 Å². The van der Waals surface area contributed by atoms with Gasteiger partial charge in [-0.1, -0.05) is 20.4 Å². The molecular weight excluding hydrogens is 544 g/mol. The van der Waals surface area contributed by atoms with Gasteiger partial charge in [0, 0.05) is 43.7 Å². The van der Waals surface area contributed by atoms with E-state index in [-0.39, 0.29) is 17.4 Å². The van der Waals surface area contributed by atoms with E-state index in [2.05, 4.69) is 63.0 Å². The number of pyridine rings is 2. The molecule has 228 valence electrons. The van der Waals surface area contributed by atoms with Gasteiger partial charge in [-0.2, -0.15) is 9.97 Å². The van der Waals surface area contributed by atoms with Crippen molar-refractivity contribution >= 4 is 40.7 Å². The summed E-state index contributed by atoms with van der Waals surface area (Å²) in [6, 6.07) is 6.05. The standard InChI is InChI=1S/C31H42N10O2/c1-9-25(42)34-22-16-23(28(43-19(2)3)37-27(22)40(8)15-14-39(6)7)36-29-32-18-33-30(38-29)41-17-31(4,5)26-24(41)13-12-21(35-26)20-10-11-20/h9,12-13,16,18-20H,1,10-11,14-15,17H2,2-8H3,(H,34,42)(H,32,33,36,38). The zero-order chi connectivity index (χ0) is 30.9. The van der Waals surface area contributed by atoms with E-state index in [9.17, 15) is 4.79 Å². The van der Waals surface area contributed by atoms with Gasteiger partial charge < -0.3 is 30.1 Å². The molecular formula is C31H42N10O2. The van der Waals surface area contributed by atoms with E-state index in [1.807, 2.05) is 39.9 Å². The minimum atomic E-state index is -0.344. The van der Waals surface area contributed by atoms with Crippen LogP contribution in [0.1, 0.15) is 57.8 Å². The van der Waals surface area contributed by atoms with Crippen molar-refractivity contribution in [1.82, 2.24) is 29.8 Å². The van der Waals surface area contributed by atoms with Gasteiger partial charge in [0.1, 0.15) is 12.0 Å². The molecule has 0 saturated heterocycles. The van der Waals surface area contributed by atoms with Crippen LogP contribution in [0, 0.1) is 0 Å². The molecule has 0 spiro atoms. The first kappa shape index (κ1) is 30.1. The van der Waals surface area contributed by atoms with Gasteiger partial charge in [-0.25, -0.2) is 9.97 Å². The first-order chi connectivity index (χ1) is 20.4. The largest absolute Gasteiger partial charge is 0.473 e. The van der Waals surface area contributed by atoms with E-state index in [0.29, 0.717) is 54.0 Å². The number of anilines is 6. The van der Waals surface area contributed by atoms with E-state index in [4.69, 9.17) is 19.7 Å². The summed E-state index contributed by atoms with van der Waals surface area (Å²) < 4.78 is 6.13. The number of ether oxygens (including phenoxy) is 1. The zero-order valence-electron chi connectivity index (χ0n) is 26.2. The monoisotopic (exact) mass is 586 g/mol. The molecule has 3 aromatic heterocycles. The highest BCUT2D eigenvalue weighted by molar-refractivity contribution is 6.01. The number of nitrogens with one attached hydrogen (secondary N) is 2. The summed E-state index contributed by atoms with van der Waals surface area (Å²) in [6.07, 6.45) is 4.99. The first-order valence-electron chi connectivity index (χ1n) is 14.7. The lowest BCUT2D eigenvalue weighted by Gasteiger charge is -2.25. The highest BCUT2D eigenvalue weighted by atomic mass is 16.5. The second-order valence-corrected chi connectivity index (χ2v) is 12.4. The van der Waals surface area contributed by atoms with Gasteiger partial charge in [-0.15, -0.1) is 0 Å². The molecule has 43 heavy (non-hydrogen) atoms. The molecule has 1 saturated carbocycles. The Balaban J connectivity index is 1.48. The van der Waals surface area contributed by atoms with E-state index < -0.39 is 0 Å². The summed E-state index contributed by atoms with van der Waals surface area (Å²) in [5.41, 5.74) is 4.11. The smallest absolute Gasteiger partial charge is 0.247 e. The summed E-state index contributed by atoms with van der Waals surface area (Å²) >= 11 is 0. The molecule has 5 rings (SSSR count). The maximum absolute atomic E-state index is 12.4. The fourth-order valence-electron chi connectivity index (χ4n) is 5.03. The van der Waals surface area contributed by atoms with Gasteiger partial charge in [-0.3, -0.25) is 9.78 Å². The third-order valence-electron chi connectivity index (χ3n) is 7.43. The number of amides is 1. The number of hydrogen-bond donors (Lipinski definition) is 2. The Morgan fingerprint density at radius 2 is 1.91 bits per heavy atom. The van der Waals surface area contributed by atoms with Gasteiger partial charge in [0.05, 0.1) is 23.2 Å². The number of carbonyl (C=O) groups is 1. The number of carbonyl (C=O) groups excluding carboxylic acids is 1. The van der Waals surface area contributed by atoms with Crippen molar-refractivity contribution < 1.29 is 9.53 Å². The van der Waals surface area contributed by atoms with E-state index in [0.717, 1.165) is 17.9 Å². The van der Waals surface area contributed by atoms with Crippen LogP contribution in [0.3, 0.4) is 0 Å². The van der Waals surface area contributed by atoms with Crippen LogP contribution in [0.5, 0.6) is 5.88 Å². The SMILES string of the molecule is C=CC(=O)Nc1cc(Nc2ncnc(N3CC(C)(C)c4nc(C5CC5)ccc43)n2)c(OC(C)C)nc1N(C)CCN(C)C. The van der Waals surface area contributed by atoms with E-state index in [1.165, 1.54) is 30.9 Å². The van der Waals surface area contributed by atoms with Crippen LogP contribution in [0.4, 0.5) is 34.8 Å². The molecule has 2 aliphatic rings. The minimum absolute atomic E-state index is 0.146. The Bertz CT molecular complexity index is 1500. The molecule has 0 bridgehead atoms. The molecule has 12 heteroatoms. The first-order valence-corrected chi connectivity index (χ1v) is 14.7. The molecule has 1 fully saturated rings. The number of likely N-dealkylation sites (N-methyl/N-ethyl adjacent to an activating group) is 2. The maximum atomic E-state index is 12.4. The molecule has 3 aromatic rings. The van der Waals surface area contributed by atoms with Crippen LogP contribution in [-0.2, 0) is 10.2 Å². The van der Waals surface area contributed by atoms with Crippen molar-refractivity contribution in [2.45, 2.75) is 58.0 Å². The van der Waals surface area contributed by atoms with Crippen LogP contribution >= 0.6 is 0 Å². The Kier molecular flexibility index (Phi) is 8.50. The average Bonchev–Trinajstić information content (AvgIpc) is 3.77. The maximum Gasteiger partial charge on any atom is 0.247 e. The van der Waals surface area contributed by atoms with E-state index in [1.54, 1.807) is 6.07 Å². The van der Waals surface area contributed by atoms with Gasteiger partial charge >= 0.3 is 0 Å². The third kappa shape index (κ3) is 6.85. The summed E-state index contributed by atoms with van der Waals surface area (Å²) in [7, 11) is 5.95. The number of fused-ring (bicyclic) bond motifs is 1. The lowest BCUT2D eigenvalue weighted by Crippen LogP contribution is -2.30. The summed E-state index contributed by atoms with van der Waals surface area (Å²) in [4.78, 5) is 42.1. The van der Waals surface area contributed by atoms with Crippen LogP contribution in [0.25, 0.3) is 0 Å². The van der Waals surface area contributed by atoms with Crippen LogP contribution < -0.4 is 25.2 Å². The predicted octanol–water partition coefficient (Wildman–Crippen LogP) is 4.62. The molecule has 1 aliphatic carbocycles. The highest BCUT2D eigenvalue weighted by Crippen LogP contribution is 2.46. The van der Waals surface area contributed by atoms with Crippen LogP contribution in [-0.4, -0.2) is 82.6 Å². The lowest BCUT2D eigenvalue weighted by atomic mass is 9.91. The second kappa shape index (κ2) is 12.1. The number of nitrogens with zero attached hydrogens (tertiary/aromatic N) is 8. The number of aromatic nitrogens is 5. The summed E-state index contributed by atoms with van der Waals surface area (Å²) in [6.45, 7) is 14.1. The molecule has 4 heterocycles. The Morgan fingerprint density at radius 3 is 2.58 bits per heavy atom. The lowest BCUT2D eigenvalue weighted by molar-refractivity contribution is -0.111. The molecule has 0 aromatic carbocycles. The average molecular weight is 587 g/mol. The van der Waals surface area contributed by atoms with Gasteiger partial charge in [0.25, 0.3) is 0 Å². The Labute approximate surface area is 253 Å². The van der Waals surface area contributed by atoms with Crippen molar-refractivity contribution in [1.29, 1.82) is 0 Å². The number of hydrogen-bond acceptors (Lipinski definition) is 11. The molecule has 0 unspecified atom stereocenters. The normalized spacial score (nSPS) is 15.4. The van der Waals surface area contributed by atoms with E-state index >= 15 is 0 Å². The van der Waals surface area contributed by atoms with Crippen LogP contribution in [0.2, 0.25) is 0 Å². The summed E-state index contributed by atoms with van der Waals surface area (Å²) in [5.74, 6) is 2.02. The Hall–Kier alpha value is -4.32. The molecule has 12 nitrogen and oxygen atoms in total. The second-order valence-electron chi connectivity index (χ2n) is 12.4. The van der Waals surface area contributed by atoms with Crippen LogP contribution in [0.15, 0.2) is 37.2 Å². The van der Waals surface area contributed by atoms with Gasteiger partial charge in [-0.05, 0) is 65.1 Å². The number of rotatable bonds is 12. The topological polar surface area (TPSA) is 125 Å². The fraction of sp³-hybridized carbons (Fsp3) is 0.484. The molecule has 0 atom stereocenters. The Morgan fingerprint density at radius 1 is 1.14 bits per heavy atom. The summed E-state index contributed by atoms with van der Waals surface area (Å²) in [5, 5.41) is 6.16. The van der Waals surface area contributed by atoms with Gasteiger partial charge in [0.15, 0.2) is 5.82 Å². The molecule has 1 aliphatic heterocycles. The highest BCUT2D eigenvalue weighted by Gasteiger charge is 2.40. The quantitative estimate of drug-likeness (QED) is 0.289. The molecule has 0 radical (unpaired) electrons. The van der Waals surface area contributed by atoms with Gasteiger partial charge in [0.2, 0.25) is 23.7 Å². The van der Waals surface area contributed by atoms with Crippen molar-refractivity contribution in [3.63, 3.8) is 0 Å².